The highest BCUT2D eigenvalue weighted by Gasteiger charge is 2.26. The average molecular weight is 495 g/mol. The van der Waals surface area contributed by atoms with Crippen molar-refractivity contribution in [1.82, 2.24) is 24.5 Å². The molecule has 1 aliphatic heterocycles. The molecule has 0 saturated carbocycles. The number of ether oxygens (including phenoxy) is 2. The molecule has 0 aliphatic carbocycles. The van der Waals surface area contributed by atoms with E-state index in [9.17, 15) is 13.6 Å². The number of benzene rings is 2. The maximum Gasteiger partial charge on any atom is 0.387 e. The van der Waals surface area contributed by atoms with E-state index in [4.69, 9.17) is 4.74 Å². The Morgan fingerprint density at radius 3 is 2.33 bits per heavy atom. The highest BCUT2D eigenvalue weighted by atomic mass is 19.3. The number of hydrogen-bond acceptors (Lipinski definition) is 7. The van der Waals surface area contributed by atoms with Gasteiger partial charge in [-0.1, -0.05) is 12.1 Å². The van der Waals surface area contributed by atoms with Crippen LogP contribution in [0.15, 0.2) is 61.1 Å². The third-order valence-electron chi connectivity index (χ3n) is 5.88. The van der Waals surface area contributed by atoms with Crippen molar-refractivity contribution in [3.05, 3.63) is 61.1 Å². The molecular formula is C24H23F2N7O3. The lowest BCUT2D eigenvalue weighted by Gasteiger charge is -2.36. The van der Waals surface area contributed by atoms with Gasteiger partial charge in [0.1, 0.15) is 23.6 Å². The standard InChI is InChI=1S/C24H23F2N7O3/c1-35-18-6-2-16(3-7-18)20-14-27-23-28-15-29-33(23)21(20)31-10-12-32(13-11-31)24(34)30-17-4-8-19(9-5-17)36-22(25)26/h2-9,14-15,22H,10-13H2,1H3,(H,30,34). The lowest BCUT2D eigenvalue weighted by Crippen LogP contribution is -2.50. The fraction of sp³-hybridized carbons (Fsp3) is 0.250. The number of fused-ring (bicyclic) bond motifs is 1. The van der Waals surface area contributed by atoms with Gasteiger partial charge in [0, 0.05) is 43.6 Å². The largest absolute Gasteiger partial charge is 0.497 e. The quantitative estimate of drug-likeness (QED) is 0.435. The molecule has 0 unspecified atom stereocenters. The molecule has 0 bridgehead atoms. The molecule has 1 N–H and O–H groups in total. The summed E-state index contributed by atoms with van der Waals surface area (Å²) in [5, 5.41) is 7.17. The smallest absolute Gasteiger partial charge is 0.387 e. The minimum absolute atomic E-state index is 0.0288. The molecular weight excluding hydrogens is 472 g/mol. The molecule has 12 heteroatoms. The minimum Gasteiger partial charge on any atom is -0.497 e. The Bertz CT molecular complexity index is 1340. The van der Waals surface area contributed by atoms with Crippen molar-refractivity contribution in [3.8, 4) is 22.6 Å². The van der Waals surface area contributed by atoms with Crippen LogP contribution in [0, 0.1) is 0 Å². The lowest BCUT2D eigenvalue weighted by molar-refractivity contribution is -0.0498. The van der Waals surface area contributed by atoms with Gasteiger partial charge in [0.05, 0.1) is 7.11 Å². The number of piperazine rings is 1. The van der Waals surface area contributed by atoms with Crippen LogP contribution in [-0.4, -0.2) is 70.4 Å². The average Bonchev–Trinajstić information content (AvgIpc) is 3.38. The van der Waals surface area contributed by atoms with Crippen LogP contribution in [0.2, 0.25) is 0 Å². The summed E-state index contributed by atoms with van der Waals surface area (Å²) in [5.74, 6) is 2.12. The molecule has 10 nitrogen and oxygen atoms in total. The molecule has 186 valence electrons. The van der Waals surface area contributed by atoms with Crippen LogP contribution in [0.4, 0.5) is 25.1 Å². The summed E-state index contributed by atoms with van der Waals surface area (Å²) in [4.78, 5) is 25.3. The minimum atomic E-state index is -2.90. The zero-order valence-corrected chi connectivity index (χ0v) is 19.3. The van der Waals surface area contributed by atoms with E-state index in [1.165, 1.54) is 30.6 Å². The van der Waals surface area contributed by atoms with Gasteiger partial charge in [-0.05, 0) is 42.0 Å². The number of aromatic nitrogens is 4. The zero-order chi connectivity index (χ0) is 25.1. The number of urea groups is 1. The Hall–Kier alpha value is -4.48. The molecule has 0 radical (unpaired) electrons. The van der Waals surface area contributed by atoms with E-state index >= 15 is 0 Å². The van der Waals surface area contributed by atoms with Crippen LogP contribution in [0.5, 0.6) is 11.5 Å². The van der Waals surface area contributed by atoms with Crippen LogP contribution in [-0.2, 0) is 0 Å². The Morgan fingerprint density at radius 1 is 0.972 bits per heavy atom. The van der Waals surface area contributed by atoms with Crippen LogP contribution in [0.1, 0.15) is 0 Å². The van der Waals surface area contributed by atoms with Crippen molar-refractivity contribution in [2.75, 3.05) is 43.5 Å². The van der Waals surface area contributed by atoms with E-state index in [1.54, 1.807) is 22.7 Å². The number of hydrogen-bond donors (Lipinski definition) is 1. The summed E-state index contributed by atoms with van der Waals surface area (Å²) in [6, 6.07) is 13.2. The second-order valence-corrected chi connectivity index (χ2v) is 8.00. The normalized spacial score (nSPS) is 13.8. The molecule has 2 aromatic carbocycles. The molecule has 4 aromatic rings. The zero-order valence-electron chi connectivity index (χ0n) is 19.3. The fourth-order valence-corrected chi connectivity index (χ4v) is 4.09. The molecule has 1 aliphatic rings. The van der Waals surface area contributed by atoms with Gasteiger partial charge >= 0.3 is 12.6 Å². The first kappa shape index (κ1) is 23.3. The van der Waals surface area contributed by atoms with Crippen LogP contribution >= 0.6 is 0 Å². The van der Waals surface area contributed by atoms with E-state index in [-0.39, 0.29) is 11.8 Å². The van der Waals surface area contributed by atoms with Gasteiger partial charge in [-0.25, -0.2) is 9.78 Å². The summed E-state index contributed by atoms with van der Waals surface area (Å²) in [5.41, 5.74) is 2.33. The van der Waals surface area contributed by atoms with E-state index in [0.717, 1.165) is 22.7 Å². The predicted molar refractivity (Wildman–Crippen MR) is 129 cm³/mol. The Labute approximate surface area is 205 Å². The first-order chi connectivity index (χ1) is 17.5. The molecule has 36 heavy (non-hydrogen) atoms. The number of methoxy groups -OCH3 is 1. The maximum absolute atomic E-state index is 12.8. The number of alkyl halides is 2. The van der Waals surface area contributed by atoms with E-state index < -0.39 is 6.61 Å². The number of halogens is 2. The summed E-state index contributed by atoms with van der Waals surface area (Å²) in [6.07, 6.45) is 3.24. The summed E-state index contributed by atoms with van der Waals surface area (Å²) < 4.78 is 36.0. The maximum atomic E-state index is 12.8. The van der Waals surface area contributed by atoms with E-state index in [2.05, 4.69) is 30.0 Å². The van der Waals surface area contributed by atoms with E-state index in [0.29, 0.717) is 37.6 Å². The Kier molecular flexibility index (Phi) is 6.48. The van der Waals surface area contributed by atoms with Gasteiger partial charge in [-0.15, -0.1) is 0 Å². The van der Waals surface area contributed by atoms with Gasteiger partial charge in [-0.2, -0.15) is 23.4 Å². The first-order valence-electron chi connectivity index (χ1n) is 11.2. The van der Waals surface area contributed by atoms with E-state index in [1.807, 2.05) is 24.3 Å². The van der Waals surface area contributed by atoms with Gasteiger partial charge < -0.3 is 24.6 Å². The summed E-state index contributed by atoms with van der Waals surface area (Å²) >= 11 is 0. The molecule has 2 aromatic heterocycles. The number of amides is 2. The predicted octanol–water partition coefficient (Wildman–Crippen LogP) is 3.76. The number of anilines is 2. The third-order valence-corrected chi connectivity index (χ3v) is 5.88. The Balaban J connectivity index is 1.30. The number of carbonyl (C=O) groups is 1. The summed E-state index contributed by atoms with van der Waals surface area (Å²) in [7, 11) is 1.62. The van der Waals surface area contributed by atoms with Gasteiger partial charge in [0.25, 0.3) is 5.78 Å². The van der Waals surface area contributed by atoms with Gasteiger partial charge in [0.2, 0.25) is 0 Å². The molecule has 0 spiro atoms. The molecule has 3 heterocycles. The third kappa shape index (κ3) is 4.83. The van der Waals surface area contributed by atoms with Crippen molar-refractivity contribution in [2.24, 2.45) is 0 Å². The number of nitrogens with zero attached hydrogens (tertiary/aromatic N) is 6. The first-order valence-corrected chi connectivity index (χ1v) is 11.2. The Morgan fingerprint density at radius 2 is 1.67 bits per heavy atom. The molecule has 0 atom stereocenters. The van der Waals surface area contributed by atoms with Crippen LogP contribution in [0.3, 0.4) is 0 Å². The number of rotatable bonds is 6. The van der Waals surface area contributed by atoms with Crippen LogP contribution < -0.4 is 19.7 Å². The topological polar surface area (TPSA) is 97.1 Å². The molecule has 5 rings (SSSR count). The van der Waals surface area contributed by atoms with Crippen molar-refractivity contribution in [3.63, 3.8) is 0 Å². The lowest BCUT2D eigenvalue weighted by atomic mass is 10.1. The van der Waals surface area contributed by atoms with Crippen LogP contribution in [0.25, 0.3) is 16.9 Å². The van der Waals surface area contributed by atoms with Gasteiger partial charge in [-0.3, -0.25) is 0 Å². The molecule has 2 amide bonds. The number of nitrogens with one attached hydrogen (secondary N) is 1. The number of carbonyl (C=O) groups excluding carboxylic acids is 1. The highest BCUT2D eigenvalue weighted by molar-refractivity contribution is 5.89. The van der Waals surface area contributed by atoms with Crippen molar-refractivity contribution in [2.45, 2.75) is 6.61 Å². The van der Waals surface area contributed by atoms with Crippen molar-refractivity contribution < 1.29 is 23.0 Å². The van der Waals surface area contributed by atoms with Crippen molar-refractivity contribution in [1.29, 1.82) is 0 Å². The monoisotopic (exact) mass is 495 g/mol. The second kappa shape index (κ2) is 10.0. The SMILES string of the molecule is COc1ccc(-c2cnc3ncnn3c2N2CCN(C(=O)Nc3ccc(OC(F)F)cc3)CC2)cc1. The second-order valence-electron chi connectivity index (χ2n) is 8.00. The fourth-order valence-electron chi connectivity index (χ4n) is 4.09. The van der Waals surface area contributed by atoms with Gasteiger partial charge in [0.15, 0.2) is 0 Å². The van der Waals surface area contributed by atoms with Crippen molar-refractivity contribution >= 4 is 23.3 Å². The summed E-state index contributed by atoms with van der Waals surface area (Å²) in [6.45, 7) is -0.822. The highest BCUT2D eigenvalue weighted by Crippen LogP contribution is 2.32. The molecule has 1 fully saturated rings. The molecule has 1 saturated heterocycles.